The quantitative estimate of drug-likeness (QED) is 0.923. The molecular formula is C17H26N2O2. The van der Waals surface area contributed by atoms with Gasteiger partial charge in [-0.05, 0) is 56.0 Å². The van der Waals surface area contributed by atoms with Crippen LogP contribution in [0.3, 0.4) is 0 Å². The lowest BCUT2D eigenvalue weighted by molar-refractivity contribution is -0.00927. The Hall–Kier alpha value is -1.10. The number of fused-ring (bicyclic) bond motifs is 1. The number of nitrogens with two attached hydrogens (primary N) is 1. The van der Waals surface area contributed by atoms with Gasteiger partial charge in [0.05, 0.1) is 13.2 Å². The summed E-state index contributed by atoms with van der Waals surface area (Å²) < 4.78 is 11.1. The van der Waals surface area contributed by atoms with Gasteiger partial charge in [-0.3, -0.25) is 4.90 Å². The Bertz CT molecular complexity index is 490. The third-order valence-corrected chi connectivity index (χ3v) is 4.84. The summed E-state index contributed by atoms with van der Waals surface area (Å²) >= 11 is 0. The molecule has 1 heterocycles. The van der Waals surface area contributed by atoms with E-state index in [4.69, 9.17) is 15.2 Å². The Labute approximate surface area is 127 Å². The van der Waals surface area contributed by atoms with Gasteiger partial charge >= 0.3 is 0 Å². The second kappa shape index (κ2) is 6.34. The van der Waals surface area contributed by atoms with Crippen LogP contribution in [0.1, 0.15) is 36.9 Å². The Kier molecular flexibility index (Phi) is 4.48. The Morgan fingerprint density at radius 3 is 3.00 bits per heavy atom. The van der Waals surface area contributed by atoms with Gasteiger partial charge in [-0.15, -0.1) is 0 Å². The molecule has 0 aromatic heterocycles. The Morgan fingerprint density at radius 1 is 1.38 bits per heavy atom. The fourth-order valence-electron chi connectivity index (χ4n) is 3.75. The van der Waals surface area contributed by atoms with Gasteiger partial charge in [0.1, 0.15) is 5.75 Å². The molecule has 0 saturated carbocycles. The highest BCUT2D eigenvalue weighted by Gasteiger charge is 2.36. The fraction of sp³-hybridized carbons (Fsp3) is 0.647. The van der Waals surface area contributed by atoms with E-state index in [1.807, 2.05) is 6.07 Å². The molecule has 0 amide bonds. The maximum atomic E-state index is 6.53. The van der Waals surface area contributed by atoms with E-state index in [1.54, 1.807) is 7.11 Å². The maximum absolute atomic E-state index is 6.53. The van der Waals surface area contributed by atoms with Gasteiger partial charge in [-0.2, -0.15) is 0 Å². The molecule has 3 atom stereocenters. The van der Waals surface area contributed by atoms with Gasteiger partial charge in [0.2, 0.25) is 0 Å². The number of methoxy groups -OCH3 is 1. The lowest BCUT2D eigenvalue weighted by Crippen LogP contribution is -2.48. The predicted octanol–water partition coefficient (Wildman–Crippen LogP) is 2.12. The molecule has 1 aromatic carbocycles. The molecule has 1 saturated heterocycles. The van der Waals surface area contributed by atoms with Crippen molar-refractivity contribution in [3.63, 3.8) is 0 Å². The van der Waals surface area contributed by atoms with E-state index in [1.165, 1.54) is 24.0 Å². The van der Waals surface area contributed by atoms with Gasteiger partial charge in [0, 0.05) is 25.2 Å². The van der Waals surface area contributed by atoms with Gasteiger partial charge in [0.25, 0.3) is 0 Å². The lowest BCUT2D eigenvalue weighted by atomic mass is 10.0. The minimum atomic E-state index is 0.0791. The van der Waals surface area contributed by atoms with Gasteiger partial charge < -0.3 is 15.2 Å². The van der Waals surface area contributed by atoms with Crippen molar-refractivity contribution < 1.29 is 9.47 Å². The van der Waals surface area contributed by atoms with Crippen molar-refractivity contribution in [3.05, 3.63) is 29.3 Å². The van der Waals surface area contributed by atoms with Crippen molar-refractivity contribution in [1.29, 1.82) is 0 Å². The first-order chi connectivity index (χ1) is 10.2. The molecule has 2 N–H and O–H groups in total. The Morgan fingerprint density at radius 2 is 2.24 bits per heavy atom. The summed E-state index contributed by atoms with van der Waals surface area (Å²) in [6, 6.07) is 6.78. The van der Waals surface area contributed by atoms with E-state index in [2.05, 4.69) is 24.0 Å². The molecule has 0 spiro atoms. The minimum absolute atomic E-state index is 0.0791. The smallest absolute Gasteiger partial charge is 0.119 e. The monoisotopic (exact) mass is 290 g/mol. The first-order valence-electron chi connectivity index (χ1n) is 8.01. The second-order valence-corrected chi connectivity index (χ2v) is 6.08. The van der Waals surface area contributed by atoms with Crippen LogP contribution in [0.5, 0.6) is 5.75 Å². The molecule has 3 unspecified atom stereocenters. The highest BCUT2D eigenvalue weighted by atomic mass is 16.5. The average molecular weight is 290 g/mol. The second-order valence-electron chi connectivity index (χ2n) is 6.08. The van der Waals surface area contributed by atoms with E-state index in [0.29, 0.717) is 12.1 Å². The van der Waals surface area contributed by atoms with E-state index in [-0.39, 0.29) is 6.04 Å². The lowest BCUT2D eigenvalue weighted by Gasteiger charge is -2.38. The van der Waals surface area contributed by atoms with E-state index < -0.39 is 0 Å². The van der Waals surface area contributed by atoms with Crippen molar-refractivity contribution in [2.24, 2.45) is 5.73 Å². The average Bonchev–Trinajstić information content (AvgIpc) is 2.84. The van der Waals surface area contributed by atoms with Crippen molar-refractivity contribution in [3.8, 4) is 5.75 Å². The van der Waals surface area contributed by atoms with Gasteiger partial charge in [-0.1, -0.05) is 6.07 Å². The molecule has 1 aliphatic carbocycles. The predicted molar refractivity (Wildman–Crippen MR) is 83.6 cm³/mol. The first-order valence-corrected chi connectivity index (χ1v) is 8.01. The summed E-state index contributed by atoms with van der Waals surface area (Å²) in [4.78, 5) is 2.53. The third-order valence-electron chi connectivity index (χ3n) is 4.84. The van der Waals surface area contributed by atoms with Gasteiger partial charge in [-0.25, -0.2) is 0 Å². The van der Waals surface area contributed by atoms with Crippen LogP contribution in [-0.4, -0.2) is 43.9 Å². The molecular weight excluding hydrogens is 264 g/mol. The summed E-state index contributed by atoms with van der Waals surface area (Å²) in [5.41, 5.74) is 9.14. The van der Waals surface area contributed by atoms with Gasteiger partial charge in [0.15, 0.2) is 0 Å². The zero-order valence-corrected chi connectivity index (χ0v) is 13.0. The number of hydrogen-bond acceptors (Lipinski definition) is 4. The van der Waals surface area contributed by atoms with Crippen molar-refractivity contribution in [2.75, 3.05) is 26.8 Å². The van der Waals surface area contributed by atoms with E-state index in [9.17, 15) is 0 Å². The standard InChI is InChI=1S/C17H26N2O2/c1-3-21-14-5-4-8-19(11-14)16-9-12-6-7-13(20-2)10-15(12)17(16)18/h6-7,10,14,16-17H,3-5,8-9,11,18H2,1-2H3. The number of ether oxygens (including phenoxy) is 2. The molecule has 1 fully saturated rings. The van der Waals surface area contributed by atoms with E-state index >= 15 is 0 Å². The van der Waals surface area contributed by atoms with Crippen LogP contribution in [0.4, 0.5) is 0 Å². The SMILES string of the molecule is CCOC1CCCN(C2Cc3ccc(OC)cc3C2N)C1. The summed E-state index contributed by atoms with van der Waals surface area (Å²) in [5.74, 6) is 0.899. The molecule has 4 heteroatoms. The number of nitrogens with zero attached hydrogens (tertiary/aromatic N) is 1. The molecule has 3 rings (SSSR count). The number of rotatable bonds is 4. The third kappa shape index (κ3) is 2.93. The minimum Gasteiger partial charge on any atom is -0.497 e. The molecule has 0 bridgehead atoms. The highest BCUT2D eigenvalue weighted by molar-refractivity contribution is 5.42. The molecule has 21 heavy (non-hydrogen) atoms. The number of hydrogen-bond donors (Lipinski definition) is 1. The molecule has 0 radical (unpaired) electrons. The molecule has 116 valence electrons. The Balaban J connectivity index is 1.73. The van der Waals surface area contributed by atoms with Crippen LogP contribution in [0.2, 0.25) is 0 Å². The van der Waals surface area contributed by atoms with Crippen LogP contribution >= 0.6 is 0 Å². The van der Waals surface area contributed by atoms with Crippen LogP contribution < -0.4 is 10.5 Å². The number of piperidine rings is 1. The number of benzene rings is 1. The summed E-state index contributed by atoms with van der Waals surface area (Å²) in [6.07, 6.45) is 3.79. The highest BCUT2D eigenvalue weighted by Crippen LogP contribution is 2.36. The zero-order chi connectivity index (χ0) is 14.8. The zero-order valence-electron chi connectivity index (χ0n) is 13.0. The van der Waals surface area contributed by atoms with Crippen molar-refractivity contribution in [1.82, 2.24) is 4.90 Å². The number of likely N-dealkylation sites (tertiary alicyclic amines) is 1. The van der Waals surface area contributed by atoms with Crippen LogP contribution in [-0.2, 0) is 11.2 Å². The van der Waals surface area contributed by atoms with Crippen LogP contribution in [0, 0.1) is 0 Å². The van der Waals surface area contributed by atoms with Crippen molar-refractivity contribution in [2.45, 2.75) is 44.4 Å². The van der Waals surface area contributed by atoms with Crippen LogP contribution in [0.25, 0.3) is 0 Å². The summed E-state index contributed by atoms with van der Waals surface area (Å²) in [5, 5.41) is 0. The summed E-state index contributed by atoms with van der Waals surface area (Å²) in [7, 11) is 1.71. The molecule has 2 aliphatic rings. The molecule has 4 nitrogen and oxygen atoms in total. The molecule has 1 aromatic rings. The van der Waals surface area contributed by atoms with Crippen LogP contribution in [0.15, 0.2) is 18.2 Å². The van der Waals surface area contributed by atoms with E-state index in [0.717, 1.165) is 31.9 Å². The topological polar surface area (TPSA) is 47.7 Å². The largest absolute Gasteiger partial charge is 0.497 e. The first kappa shape index (κ1) is 14.8. The van der Waals surface area contributed by atoms with Crippen molar-refractivity contribution >= 4 is 0 Å². The normalized spacial score (nSPS) is 29.4. The fourth-order valence-corrected chi connectivity index (χ4v) is 3.75. The molecule has 1 aliphatic heterocycles. The maximum Gasteiger partial charge on any atom is 0.119 e. The summed E-state index contributed by atoms with van der Waals surface area (Å²) in [6.45, 7) is 5.01.